The number of nitriles is 1. The molecule has 0 radical (unpaired) electrons. The summed E-state index contributed by atoms with van der Waals surface area (Å²) in [4.78, 5) is 13.4. The predicted octanol–water partition coefficient (Wildman–Crippen LogP) is 3.16. The molecule has 0 saturated heterocycles. The third kappa shape index (κ3) is 1.96. The number of hydrogen-bond donors (Lipinski definition) is 3. The maximum absolute atomic E-state index is 13.4. The second kappa shape index (κ2) is 5.71. The van der Waals surface area contributed by atoms with Crippen molar-refractivity contribution in [3.8, 4) is 23.2 Å². The van der Waals surface area contributed by atoms with Gasteiger partial charge in [0.25, 0.3) is 0 Å². The van der Waals surface area contributed by atoms with Crippen LogP contribution in [0.5, 0.6) is 5.88 Å². The number of fused-ring (bicyclic) bond motifs is 4. The number of amides is 1. The maximum Gasteiger partial charge on any atom is 0.245 e. The van der Waals surface area contributed by atoms with Crippen LogP contribution in [-0.4, -0.2) is 16.1 Å². The number of ether oxygens (including phenoxy) is 1. The van der Waals surface area contributed by atoms with Crippen molar-refractivity contribution in [1.29, 1.82) is 5.26 Å². The number of H-pyrrole nitrogens is 1. The molecule has 0 bridgehead atoms. The lowest BCUT2D eigenvalue weighted by molar-refractivity contribution is -0.118. The van der Waals surface area contributed by atoms with E-state index in [0.717, 1.165) is 10.0 Å². The SMILES string of the molecule is N#CC1=C(N)Oc2n[nH]c(-c3ccccc3)c2[C@]12C(=O)Nc1ccc(Br)cc12. The molecule has 2 aromatic carbocycles. The minimum atomic E-state index is -1.45. The van der Waals surface area contributed by atoms with Gasteiger partial charge < -0.3 is 15.8 Å². The van der Waals surface area contributed by atoms with E-state index in [4.69, 9.17) is 10.5 Å². The molecule has 5 rings (SSSR count). The fraction of sp³-hybridized carbons (Fsp3) is 0.0500. The highest BCUT2D eigenvalue weighted by Gasteiger charge is 2.58. The molecule has 4 N–H and O–H groups in total. The van der Waals surface area contributed by atoms with Gasteiger partial charge in [-0.05, 0) is 18.2 Å². The highest BCUT2D eigenvalue weighted by molar-refractivity contribution is 9.10. The monoisotopic (exact) mass is 433 g/mol. The minimum Gasteiger partial charge on any atom is -0.420 e. The topological polar surface area (TPSA) is 117 Å². The minimum absolute atomic E-state index is 0.0351. The Hall–Kier alpha value is -3.57. The Kier molecular flexibility index (Phi) is 3.38. The molecule has 2 aliphatic heterocycles. The molecule has 0 saturated carbocycles. The summed E-state index contributed by atoms with van der Waals surface area (Å²) in [5, 5.41) is 20.0. The van der Waals surface area contributed by atoms with Gasteiger partial charge in [-0.25, -0.2) is 0 Å². The number of benzene rings is 2. The lowest BCUT2D eigenvalue weighted by Crippen LogP contribution is -2.42. The Bertz CT molecular complexity index is 1230. The summed E-state index contributed by atoms with van der Waals surface area (Å²) < 4.78 is 6.39. The summed E-state index contributed by atoms with van der Waals surface area (Å²) in [5.74, 6) is -0.328. The molecule has 1 amide bonds. The van der Waals surface area contributed by atoms with E-state index in [2.05, 4.69) is 37.5 Å². The molecule has 1 atom stereocenters. The maximum atomic E-state index is 13.4. The molecule has 1 aromatic heterocycles. The Morgan fingerprint density at radius 1 is 1.21 bits per heavy atom. The van der Waals surface area contributed by atoms with Crippen LogP contribution < -0.4 is 15.8 Å². The van der Waals surface area contributed by atoms with E-state index in [-0.39, 0.29) is 23.2 Å². The quantitative estimate of drug-likeness (QED) is 0.544. The number of rotatable bonds is 1. The van der Waals surface area contributed by atoms with Crippen molar-refractivity contribution >= 4 is 27.5 Å². The van der Waals surface area contributed by atoms with Crippen molar-refractivity contribution in [3.05, 3.63) is 75.6 Å². The number of aromatic nitrogens is 2. The molecule has 2 aliphatic rings. The number of carbonyl (C=O) groups is 1. The van der Waals surface area contributed by atoms with Crippen molar-refractivity contribution < 1.29 is 9.53 Å². The lowest BCUT2D eigenvalue weighted by atomic mass is 9.68. The van der Waals surface area contributed by atoms with Crippen molar-refractivity contribution in [2.24, 2.45) is 5.73 Å². The van der Waals surface area contributed by atoms with E-state index < -0.39 is 5.41 Å². The summed E-state index contributed by atoms with van der Waals surface area (Å²) in [6.45, 7) is 0. The van der Waals surface area contributed by atoms with Crippen molar-refractivity contribution in [3.63, 3.8) is 0 Å². The Labute approximate surface area is 167 Å². The Balaban J connectivity index is 1.92. The number of nitrogens with one attached hydrogen (secondary N) is 2. The van der Waals surface area contributed by atoms with Gasteiger partial charge in [0, 0.05) is 21.3 Å². The van der Waals surface area contributed by atoms with Crippen molar-refractivity contribution in [2.45, 2.75) is 5.41 Å². The first-order chi connectivity index (χ1) is 13.6. The zero-order chi connectivity index (χ0) is 19.5. The molecule has 1 spiro atoms. The zero-order valence-corrected chi connectivity index (χ0v) is 15.9. The van der Waals surface area contributed by atoms with Gasteiger partial charge in [-0.15, -0.1) is 5.10 Å². The van der Waals surface area contributed by atoms with Gasteiger partial charge in [0.05, 0.1) is 11.3 Å². The van der Waals surface area contributed by atoms with Crippen LogP contribution in [-0.2, 0) is 10.2 Å². The van der Waals surface area contributed by atoms with Gasteiger partial charge in [0.1, 0.15) is 17.1 Å². The number of halogens is 1. The summed E-state index contributed by atoms with van der Waals surface area (Å²) in [7, 11) is 0. The summed E-state index contributed by atoms with van der Waals surface area (Å²) in [6.07, 6.45) is 0. The van der Waals surface area contributed by atoms with Crippen LogP contribution in [0.15, 0.2) is 64.5 Å². The van der Waals surface area contributed by atoms with Gasteiger partial charge in [0.15, 0.2) is 0 Å². The molecular formula is C20H12BrN5O2. The number of anilines is 1. The average molecular weight is 434 g/mol. The molecule has 3 aromatic rings. The lowest BCUT2D eigenvalue weighted by Gasteiger charge is -2.32. The van der Waals surface area contributed by atoms with Gasteiger partial charge in [-0.3, -0.25) is 9.89 Å². The Morgan fingerprint density at radius 2 is 2.00 bits per heavy atom. The highest BCUT2D eigenvalue weighted by atomic mass is 79.9. The van der Waals surface area contributed by atoms with E-state index in [0.29, 0.717) is 22.5 Å². The van der Waals surface area contributed by atoms with E-state index in [1.807, 2.05) is 42.5 Å². The third-order valence-electron chi connectivity index (χ3n) is 5.08. The largest absolute Gasteiger partial charge is 0.420 e. The molecule has 0 unspecified atom stereocenters. The number of hydrogen-bond acceptors (Lipinski definition) is 5. The van der Waals surface area contributed by atoms with E-state index in [9.17, 15) is 10.1 Å². The van der Waals surface area contributed by atoms with Crippen molar-refractivity contribution in [1.82, 2.24) is 10.2 Å². The molecule has 136 valence electrons. The summed E-state index contributed by atoms with van der Waals surface area (Å²) in [6, 6.07) is 17.0. The second-order valence-corrected chi connectivity index (χ2v) is 7.41. The van der Waals surface area contributed by atoms with Crippen LogP contribution in [0.2, 0.25) is 0 Å². The molecule has 0 fully saturated rings. The molecular weight excluding hydrogens is 422 g/mol. The van der Waals surface area contributed by atoms with Crippen molar-refractivity contribution in [2.75, 3.05) is 5.32 Å². The first-order valence-electron chi connectivity index (χ1n) is 8.41. The number of carbonyl (C=O) groups excluding carboxylic acids is 1. The van der Waals surface area contributed by atoms with Crippen LogP contribution in [0.4, 0.5) is 5.69 Å². The van der Waals surface area contributed by atoms with Crippen LogP contribution in [0.3, 0.4) is 0 Å². The molecule has 7 nitrogen and oxygen atoms in total. The third-order valence-corrected chi connectivity index (χ3v) is 5.58. The number of nitrogens with two attached hydrogens (primary N) is 1. The molecule has 8 heteroatoms. The smallest absolute Gasteiger partial charge is 0.245 e. The number of aromatic amines is 1. The fourth-order valence-corrected chi connectivity index (χ4v) is 4.30. The average Bonchev–Trinajstić information content (AvgIpc) is 3.23. The zero-order valence-electron chi connectivity index (χ0n) is 14.3. The Morgan fingerprint density at radius 3 is 2.75 bits per heavy atom. The first kappa shape index (κ1) is 16.6. The number of nitrogens with zero attached hydrogens (tertiary/aromatic N) is 2. The predicted molar refractivity (Wildman–Crippen MR) is 105 cm³/mol. The first-order valence-corrected chi connectivity index (χ1v) is 9.20. The summed E-state index contributed by atoms with van der Waals surface area (Å²) in [5.41, 5.74) is 7.75. The van der Waals surface area contributed by atoms with E-state index >= 15 is 0 Å². The molecule has 0 aliphatic carbocycles. The molecule has 28 heavy (non-hydrogen) atoms. The highest BCUT2D eigenvalue weighted by Crippen LogP contribution is 2.55. The van der Waals surface area contributed by atoms with Gasteiger partial charge in [-0.1, -0.05) is 46.3 Å². The normalized spacial score (nSPS) is 19.6. The van der Waals surface area contributed by atoms with Gasteiger partial charge in [0.2, 0.25) is 17.7 Å². The summed E-state index contributed by atoms with van der Waals surface area (Å²) >= 11 is 3.46. The van der Waals surface area contributed by atoms with E-state index in [1.54, 1.807) is 6.07 Å². The van der Waals surface area contributed by atoms with Gasteiger partial charge in [-0.2, -0.15) is 5.26 Å². The van der Waals surface area contributed by atoms with Crippen LogP contribution >= 0.6 is 15.9 Å². The van der Waals surface area contributed by atoms with Crippen LogP contribution in [0, 0.1) is 11.3 Å². The fourth-order valence-electron chi connectivity index (χ4n) is 3.94. The second-order valence-electron chi connectivity index (χ2n) is 6.49. The van der Waals surface area contributed by atoms with Crippen LogP contribution in [0.1, 0.15) is 11.1 Å². The molecule has 3 heterocycles. The van der Waals surface area contributed by atoms with E-state index in [1.165, 1.54) is 0 Å². The van der Waals surface area contributed by atoms with Gasteiger partial charge >= 0.3 is 0 Å². The van der Waals surface area contributed by atoms with Crippen LogP contribution in [0.25, 0.3) is 11.3 Å². The standard InChI is InChI=1S/C20H12BrN5O2/c21-11-6-7-14-12(8-11)20(19(27)24-14)13(9-22)17(23)28-18-15(20)16(25-26-18)10-4-2-1-3-5-10/h1-8H,23H2,(H,24,27)(H,25,26)/t20-/m1/s1.